The van der Waals surface area contributed by atoms with Crippen molar-refractivity contribution in [1.29, 1.82) is 0 Å². The van der Waals surface area contributed by atoms with Crippen LogP contribution in [0.5, 0.6) is 0 Å². The third kappa shape index (κ3) is 2.09. The molecule has 2 N–H and O–H groups in total. The number of fused-ring (bicyclic) bond motifs is 2. The lowest BCUT2D eigenvalue weighted by Crippen LogP contribution is -2.69. The Labute approximate surface area is 108 Å². The second-order valence-corrected chi connectivity index (χ2v) is 6.02. The molecule has 0 aromatic carbocycles. The van der Waals surface area contributed by atoms with E-state index in [1.165, 1.54) is 6.92 Å². The molecule has 3 saturated carbocycles. The zero-order chi connectivity index (χ0) is 14.3. The molecule has 0 aromatic rings. The monoisotopic (exact) mass is 254 g/mol. The van der Waals surface area contributed by atoms with Crippen LogP contribution in [0.4, 0.5) is 0 Å². The molecule has 0 heterocycles. The lowest BCUT2D eigenvalue weighted by molar-refractivity contribution is -0.241. The van der Waals surface area contributed by atoms with Crippen molar-refractivity contribution in [3.05, 3.63) is 12.2 Å². The number of ketones is 1. The van der Waals surface area contributed by atoms with E-state index in [1.54, 1.807) is 0 Å². The molecule has 0 amide bonds. The predicted octanol–water partition coefficient (Wildman–Crippen LogP) is 2.02. The van der Waals surface area contributed by atoms with Gasteiger partial charge in [-0.15, -0.1) is 0 Å². The highest BCUT2D eigenvalue weighted by molar-refractivity contribution is 5.85. The van der Waals surface area contributed by atoms with E-state index >= 15 is 0 Å². The summed E-state index contributed by atoms with van der Waals surface area (Å²) in [5.41, 5.74) is -0.567. The van der Waals surface area contributed by atoms with Crippen LogP contribution in [0.25, 0.3) is 0 Å². The summed E-state index contributed by atoms with van der Waals surface area (Å²) in [5.74, 6) is -0.424. The Hall–Kier alpha value is -1.16. The van der Waals surface area contributed by atoms with Gasteiger partial charge < -0.3 is 10.2 Å². The molecular weight excluding hydrogens is 232 g/mol. The van der Waals surface area contributed by atoms with Crippen molar-refractivity contribution in [2.45, 2.75) is 46.1 Å². The van der Waals surface area contributed by atoms with E-state index in [1.807, 2.05) is 6.92 Å². The van der Waals surface area contributed by atoms with E-state index in [0.717, 1.165) is 6.42 Å². The third-order valence-electron chi connectivity index (χ3n) is 4.71. The smallest absolute Gasteiger partial charge is 0.330 e. The van der Waals surface area contributed by atoms with Gasteiger partial charge in [0, 0.05) is 17.9 Å². The van der Waals surface area contributed by atoms with Crippen LogP contribution >= 0.6 is 0 Å². The van der Waals surface area contributed by atoms with Crippen LogP contribution in [0.1, 0.15) is 40.5 Å². The number of aliphatic hydroxyl groups is 1. The van der Waals surface area contributed by atoms with E-state index < -0.39 is 11.6 Å². The van der Waals surface area contributed by atoms with Gasteiger partial charge in [0.05, 0.1) is 5.60 Å². The van der Waals surface area contributed by atoms with E-state index in [2.05, 4.69) is 20.4 Å². The zero-order valence-corrected chi connectivity index (χ0v) is 11.5. The topological polar surface area (TPSA) is 74.6 Å². The molecule has 3 rings (SSSR count). The SMILES string of the molecule is C=C(C)C(=O)O.CC1C(=O)CC2CC1(O)C2(C)C. The van der Waals surface area contributed by atoms with Crippen molar-refractivity contribution in [1.82, 2.24) is 0 Å². The van der Waals surface area contributed by atoms with Crippen LogP contribution in [0.3, 0.4) is 0 Å². The fraction of sp³-hybridized carbons (Fsp3) is 0.714. The molecule has 3 fully saturated rings. The maximum absolute atomic E-state index is 11.4. The van der Waals surface area contributed by atoms with Crippen LogP contribution in [0.2, 0.25) is 0 Å². The van der Waals surface area contributed by atoms with Crippen LogP contribution in [0, 0.1) is 17.3 Å². The molecule has 0 spiro atoms. The first-order chi connectivity index (χ1) is 8.04. The van der Waals surface area contributed by atoms with Crippen LogP contribution in [-0.2, 0) is 9.59 Å². The fourth-order valence-electron chi connectivity index (χ4n) is 2.86. The molecule has 102 valence electrons. The minimum atomic E-state index is -0.935. The number of carbonyl (C=O) groups excluding carboxylic acids is 1. The maximum atomic E-state index is 11.4. The summed E-state index contributed by atoms with van der Waals surface area (Å²) in [4.78, 5) is 21.0. The molecule has 2 bridgehead atoms. The molecule has 0 radical (unpaired) electrons. The number of Topliss-reactive ketones (excluding diaryl/α,β-unsaturated/α-hetero) is 1. The Balaban J connectivity index is 0.000000232. The normalized spacial score (nSPS) is 35.9. The van der Waals surface area contributed by atoms with Crippen LogP contribution in [0.15, 0.2) is 12.2 Å². The van der Waals surface area contributed by atoms with Crippen LogP contribution in [-0.4, -0.2) is 27.6 Å². The first-order valence-electron chi connectivity index (χ1n) is 6.18. The summed E-state index contributed by atoms with van der Waals surface area (Å²) >= 11 is 0. The van der Waals surface area contributed by atoms with Crippen LogP contribution < -0.4 is 0 Å². The highest BCUT2D eigenvalue weighted by atomic mass is 16.4. The molecular formula is C14H22O4. The Morgan fingerprint density at radius 1 is 1.44 bits per heavy atom. The van der Waals surface area contributed by atoms with E-state index in [9.17, 15) is 14.7 Å². The first kappa shape index (κ1) is 14.9. The van der Waals surface area contributed by atoms with Crippen molar-refractivity contribution in [3.8, 4) is 0 Å². The van der Waals surface area contributed by atoms with Gasteiger partial charge in [0.2, 0.25) is 0 Å². The molecule has 0 saturated heterocycles. The number of carboxylic acids is 1. The second kappa shape index (κ2) is 4.50. The Morgan fingerprint density at radius 2 is 1.89 bits per heavy atom. The van der Waals surface area contributed by atoms with Gasteiger partial charge in [-0.3, -0.25) is 4.79 Å². The van der Waals surface area contributed by atoms with Gasteiger partial charge in [-0.2, -0.15) is 0 Å². The van der Waals surface area contributed by atoms with Crippen molar-refractivity contribution in [2.75, 3.05) is 0 Å². The molecule has 4 heteroatoms. The van der Waals surface area contributed by atoms with Crippen molar-refractivity contribution in [3.63, 3.8) is 0 Å². The minimum Gasteiger partial charge on any atom is -0.478 e. The lowest BCUT2D eigenvalue weighted by atomic mass is 9.42. The molecule has 3 aliphatic carbocycles. The number of hydrogen-bond acceptors (Lipinski definition) is 3. The lowest BCUT2D eigenvalue weighted by Gasteiger charge is -2.64. The van der Waals surface area contributed by atoms with Gasteiger partial charge in [-0.25, -0.2) is 4.79 Å². The summed E-state index contributed by atoms with van der Waals surface area (Å²) in [6.45, 7) is 10.6. The molecule has 3 aliphatic rings. The van der Waals surface area contributed by atoms with E-state index in [-0.39, 0.29) is 22.7 Å². The molecule has 3 atom stereocenters. The van der Waals surface area contributed by atoms with Crippen molar-refractivity contribution < 1.29 is 19.8 Å². The summed E-state index contributed by atoms with van der Waals surface area (Å²) in [5, 5.41) is 18.1. The van der Waals surface area contributed by atoms with E-state index in [0.29, 0.717) is 12.3 Å². The Kier molecular flexibility index (Phi) is 3.73. The standard InChI is InChI=1S/C10H16O2.C4H6O2/c1-6-8(11)4-7-5-10(6,12)9(7,2)3;1-3(2)4(5)6/h6-7,12H,4-5H2,1-3H3;1H2,2H3,(H,5,6). The first-order valence-corrected chi connectivity index (χ1v) is 6.18. The van der Waals surface area contributed by atoms with Gasteiger partial charge in [0.15, 0.2) is 0 Å². The van der Waals surface area contributed by atoms with Crippen molar-refractivity contribution in [2.24, 2.45) is 17.3 Å². The van der Waals surface area contributed by atoms with Gasteiger partial charge in [-0.1, -0.05) is 27.4 Å². The average Bonchev–Trinajstić information content (AvgIpc) is 2.25. The summed E-state index contributed by atoms with van der Waals surface area (Å²) in [6.07, 6.45) is 1.50. The van der Waals surface area contributed by atoms with Gasteiger partial charge in [0.25, 0.3) is 0 Å². The van der Waals surface area contributed by atoms with Gasteiger partial charge in [-0.05, 0) is 24.7 Å². The number of hydrogen-bond donors (Lipinski definition) is 2. The summed E-state index contributed by atoms with van der Waals surface area (Å²) in [6, 6.07) is 0. The number of rotatable bonds is 1. The molecule has 4 nitrogen and oxygen atoms in total. The maximum Gasteiger partial charge on any atom is 0.330 e. The van der Waals surface area contributed by atoms with Crippen molar-refractivity contribution >= 4 is 11.8 Å². The fourth-order valence-corrected chi connectivity index (χ4v) is 2.86. The molecule has 18 heavy (non-hydrogen) atoms. The third-order valence-corrected chi connectivity index (χ3v) is 4.71. The summed E-state index contributed by atoms with van der Waals surface area (Å²) < 4.78 is 0. The predicted molar refractivity (Wildman–Crippen MR) is 68.1 cm³/mol. The van der Waals surface area contributed by atoms with E-state index in [4.69, 9.17) is 5.11 Å². The highest BCUT2D eigenvalue weighted by Gasteiger charge is 2.66. The Morgan fingerprint density at radius 3 is 2.17 bits per heavy atom. The largest absolute Gasteiger partial charge is 0.478 e. The molecule has 3 unspecified atom stereocenters. The quantitative estimate of drug-likeness (QED) is 0.702. The number of carboxylic acid groups (broad SMARTS) is 1. The second-order valence-electron chi connectivity index (χ2n) is 6.02. The molecule has 0 aliphatic heterocycles. The number of aliphatic carboxylic acids is 1. The highest BCUT2D eigenvalue weighted by Crippen LogP contribution is 2.62. The average molecular weight is 254 g/mol. The van der Waals surface area contributed by atoms with Gasteiger partial charge in [0.1, 0.15) is 5.78 Å². The molecule has 0 aromatic heterocycles. The summed E-state index contributed by atoms with van der Waals surface area (Å²) in [7, 11) is 0. The van der Waals surface area contributed by atoms with Gasteiger partial charge >= 0.3 is 5.97 Å². The minimum absolute atomic E-state index is 0.0413. The zero-order valence-electron chi connectivity index (χ0n) is 11.5. The number of carbonyl (C=O) groups is 2. The Bertz CT molecular complexity index is 385.